The SMILES string of the molecule is CCCCCOc1ccc(/C=N\Nc2nc3ccc(C)cc3[nH]2)cc1OCC. The molecule has 2 aromatic carbocycles. The Morgan fingerprint density at radius 2 is 1.96 bits per heavy atom. The van der Waals surface area contributed by atoms with Gasteiger partial charge in [0.05, 0.1) is 30.5 Å². The van der Waals surface area contributed by atoms with E-state index in [1.807, 2.05) is 37.3 Å². The minimum atomic E-state index is 0.586. The zero-order valence-electron chi connectivity index (χ0n) is 16.8. The fourth-order valence-electron chi connectivity index (χ4n) is 2.87. The van der Waals surface area contributed by atoms with Crippen LogP contribution in [0.15, 0.2) is 41.5 Å². The van der Waals surface area contributed by atoms with Crippen molar-refractivity contribution in [1.29, 1.82) is 0 Å². The first-order valence-corrected chi connectivity index (χ1v) is 9.84. The van der Waals surface area contributed by atoms with E-state index in [2.05, 4.69) is 40.4 Å². The zero-order valence-corrected chi connectivity index (χ0v) is 16.8. The molecule has 0 amide bonds. The molecule has 1 aromatic heterocycles. The molecule has 0 bridgehead atoms. The Bertz CT molecular complexity index is 933. The van der Waals surface area contributed by atoms with E-state index >= 15 is 0 Å². The molecule has 0 saturated heterocycles. The number of rotatable bonds is 10. The summed E-state index contributed by atoms with van der Waals surface area (Å²) in [6, 6.07) is 11.9. The van der Waals surface area contributed by atoms with Crippen molar-refractivity contribution in [3.05, 3.63) is 47.5 Å². The number of unbranched alkanes of at least 4 members (excludes halogenated alkanes) is 2. The topological polar surface area (TPSA) is 71.5 Å². The van der Waals surface area contributed by atoms with Crippen LogP contribution in [0.1, 0.15) is 44.2 Å². The van der Waals surface area contributed by atoms with Crippen LogP contribution in [0.5, 0.6) is 11.5 Å². The maximum atomic E-state index is 5.86. The quantitative estimate of drug-likeness (QED) is 0.285. The number of hydrogen-bond donors (Lipinski definition) is 2. The molecule has 1 heterocycles. The summed E-state index contributed by atoms with van der Waals surface area (Å²) >= 11 is 0. The Morgan fingerprint density at radius 3 is 2.79 bits per heavy atom. The van der Waals surface area contributed by atoms with Crippen molar-refractivity contribution in [1.82, 2.24) is 9.97 Å². The maximum absolute atomic E-state index is 5.86. The predicted molar refractivity (Wildman–Crippen MR) is 115 cm³/mol. The molecule has 0 radical (unpaired) electrons. The van der Waals surface area contributed by atoms with Gasteiger partial charge in [-0.25, -0.2) is 10.4 Å². The van der Waals surface area contributed by atoms with Crippen molar-refractivity contribution in [3.63, 3.8) is 0 Å². The highest BCUT2D eigenvalue weighted by Crippen LogP contribution is 2.28. The van der Waals surface area contributed by atoms with Gasteiger partial charge in [0.25, 0.3) is 0 Å². The second kappa shape index (κ2) is 9.78. The van der Waals surface area contributed by atoms with Gasteiger partial charge in [0.1, 0.15) is 0 Å². The molecule has 6 heteroatoms. The number of benzene rings is 2. The lowest BCUT2D eigenvalue weighted by Crippen LogP contribution is -2.01. The van der Waals surface area contributed by atoms with Gasteiger partial charge in [0.2, 0.25) is 5.95 Å². The molecule has 0 spiro atoms. The minimum absolute atomic E-state index is 0.586. The third-order valence-electron chi connectivity index (χ3n) is 4.29. The Labute approximate surface area is 166 Å². The second-order valence-corrected chi connectivity index (χ2v) is 6.67. The average Bonchev–Trinajstić information content (AvgIpc) is 3.08. The van der Waals surface area contributed by atoms with E-state index in [-0.39, 0.29) is 0 Å². The summed E-state index contributed by atoms with van der Waals surface area (Å²) in [7, 11) is 0. The molecule has 0 aliphatic heterocycles. The third-order valence-corrected chi connectivity index (χ3v) is 4.29. The highest BCUT2D eigenvalue weighted by Gasteiger charge is 2.06. The van der Waals surface area contributed by atoms with Crippen LogP contribution in [0, 0.1) is 6.92 Å². The lowest BCUT2D eigenvalue weighted by atomic mass is 10.2. The normalized spacial score (nSPS) is 11.2. The van der Waals surface area contributed by atoms with E-state index < -0.39 is 0 Å². The van der Waals surface area contributed by atoms with Crippen molar-refractivity contribution in [2.45, 2.75) is 40.0 Å². The number of anilines is 1. The van der Waals surface area contributed by atoms with Crippen LogP contribution >= 0.6 is 0 Å². The monoisotopic (exact) mass is 380 g/mol. The number of ether oxygens (including phenoxy) is 2. The smallest absolute Gasteiger partial charge is 0.222 e. The molecule has 0 aliphatic rings. The fourth-order valence-corrected chi connectivity index (χ4v) is 2.87. The number of aryl methyl sites for hydroxylation is 1. The highest BCUT2D eigenvalue weighted by molar-refractivity contribution is 5.82. The molecule has 0 aliphatic carbocycles. The number of nitrogens with one attached hydrogen (secondary N) is 2. The third kappa shape index (κ3) is 5.25. The van der Waals surface area contributed by atoms with Gasteiger partial charge in [-0.3, -0.25) is 0 Å². The van der Waals surface area contributed by atoms with Gasteiger partial charge in [-0.2, -0.15) is 5.10 Å². The molecule has 0 saturated carbocycles. The average molecular weight is 380 g/mol. The number of nitrogens with zero attached hydrogens (tertiary/aromatic N) is 2. The summed E-state index contributed by atoms with van der Waals surface area (Å²) in [5.74, 6) is 2.12. The number of hydrazone groups is 1. The maximum Gasteiger partial charge on any atom is 0.222 e. The molecule has 148 valence electrons. The number of H-pyrrole nitrogens is 1. The standard InChI is InChI=1S/C22H28N4O2/c1-4-6-7-12-28-20-11-9-17(14-21(20)27-5-2)15-23-26-22-24-18-10-8-16(3)13-19(18)25-22/h8-11,13-15H,4-7,12H2,1-3H3,(H2,24,25,26)/b23-15-. The van der Waals surface area contributed by atoms with Crippen LogP contribution in [0.25, 0.3) is 11.0 Å². The van der Waals surface area contributed by atoms with E-state index in [0.717, 1.165) is 34.5 Å². The predicted octanol–water partition coefficient (Wildman–Crippen LogP) is 5.29. The lowest BCUT2D eigenvalue weighted by molar-refractivity contribution is 0.271. The fraction of sp³-hybridized carbons (Fsp3) is 0.364. The summed E-state index contributed by atoms with van der Waals surface area (Å²) in [6.07, 6.45) is 5.13. The molecule has 0 fully saturated rings. The number of aromatic nitrogens is 2. The Morgan fingerprint density at radius 1 is 1.07 bits per heavy atom. The van der Waals surface area contributed by atoms with Gasteiger partial charge in [-0.15, -0.1) is 0 Å². The van der Waals surface area contributed by atoms with E-state index in [1.54, 1.807) is 6.21 Å². The summed E-state index contributed by atoms with van der Waals surface area (Å²) < 4.78 is 11.6. The summed E-state index contributed by atoms with van der Waals surface area (Å²) in [5, 5.41) is 4.28. The molecule has 0 unspecified atom stereocenters. The van der Waals surface area contributed by atoms with Crippen molar-refractivity contribution in [2.24, 2.45) is 5.10 Å². The van der Waals surface area contributed by atoms with Crippen molar-refractivity contribution >= 4 is 23.2 Å². The largest absolute Gasteiger partial charge is 0.490 e. The molecule has 6 nitrogen and oxygen atoms in total. The second-order valence-electron chi connectivity index (χ2n) is 6.67. The van der Waals surface area contributed by atoms with Crippen molar-refractivity contribution in [3.8, 4) is 11.5 Å². The molecule has 3 rings (SSSR count). The van der Waals surface area contributed by atoms with Crippen LogP contribution in [-0.4, -0.2) is 29.4 Å². The number of fused-ring (bicyclic) bond motifs is 1. The number of hydrogen-bond acceptors (Lipinski definition) is 5. The molecule has 2 N–H and O–H groups in total. The summed E-state index contributed by atoms with van der Waals surface area (Å²) in [5.41, 5.74) is 6.95. The Kier molecular flexibility index (Phi) is 6.89. The van der Waals surface area contributed by atoms with E-state index in [4.69, 9.17) is 9.47 Å². The molecular weight excluding hydrogens is 352 g/mol. The van der Waals surface area contributed by atoms with Crippen LogP contribution < -0.4 is 14.9 Å². The van der Waals surface area contributed by atoms with Gasteiger partial charge >= 0.3 is 0 Å². The van der Waals surface area contributed by atoms with Crippen LogP contribution in [0.3, 0.4) is 0 Å². The van der Waals surface area contributed by atoms with Crippen LogP contribution in [-0.2, 0) is 0 Å². The zero-order chi connectivity index (χ0) is 19.8. The first-order chi connectivity index (χ1) is 13.7. The van der Waals surface area contributed by atoms with E-state index in [1.165, 1.54) is 18.4 Å². The van der Waals surface area contributed by atoms with Crippen molar-refractivity contribution in [2.75, 3.05) is 18.6 Å². The summed E-state index contributed by atoms with van der Waals surface area (Å²) in [4.78, 5) is 7.69. The highest BCUT2D eigenvalue weighted by atomic mass is 16.5. The van der Waals surface area contributed by atoms with E-state index in [9.17, 15) is 0 Å². The van der Waals surface area contributed by atoms with E-state index in [0.29, 0.717) is 19.2 Å². The van der Waals surface area contributed by atoms with Gasteiger partial charge in [-0.1, -0.05) is 25.8 Å². The first-order valence-electron chi connectivity index (χ1n) is 9.84. The van der Waals surface area contributed by atoms with Gasteiger partial charge in [-0.05, 0) is 61.7 Å². The van der Waals surface area contributed by atoms with Gasteiger partial charge in [0.15, 0.2) is 11.5 Å². The molecule has 28 heavy (non-hydrogen) atoms. The first kappa shape index (κ1) is 19.7. The molecular formula is C22H28N4O2. The minimum Gasteiger partial charge on any atom is -0.490 e. The van der Waals surface area contributed by atoms with Gasteiger partial charge < -0.3 is 14.5 Å². The molecule has 3 aromatic rings. The lowest BCUT2D eigenvalue weighted by Gasteiger charge is -2.12. The Hall–Kier alpha value is -3.02. The number of aromatic amines is 1. The van der Waals surface area contributed by atoms with Crippen LogP contribution in [0.2, 0.25) is 0 Å². The number of imidazole rings is 1. The Balaban J connectivity index is 1.65. The van der Waals surface area contributed by atoms with Crippen molar-refractivity contribution < 1.29 is 9.47 Å². The summed E-state index contributed by atoms with van der Waals surface area (Å²) in [6.45, 7) is 7.49. The molecule has 0 atom stereocenters. The van der Waals surface area contributed by atoms with Crippen LogP contribution in [0.4, 0.5) is 5.95 Å². The van der Waals surface area contributed by atoms with Gasteiger partial charge in [0, 0.05) is 0 Å².